The van der Waals surface area contributed by atoms with Crippen LogP contribution in [0.1, 0.15) is 10.4 Å². The molecule has 0 aromatic heterocycles. The number of nitrogens with one attached hydrogen (secondary N) is 1. The molecule has 0 unspecified atom stereocenters. The molecular formula is C14H11F3N2O2. The zero-order chi connectivity index (χ0) is 15.6. The Morgan fingerprint density at radius 1 is 1.10 bits per heavy atom. The van der Waals surface area contributed by atoms with Gasteiger partial charge in [-0.3, -0.25) is 4.79 Å². The first kappa shape index (κ1) is 14.7. The summed E-state index contributed by atoms with van der Waals surface area (Å²) in [6.45, 7) is 0. The molecule has 2 aromatic carbocycles. The predicted molar refractivity (Wildman–Crippen MR) is 71.7 cm³/mol. The Morgan fingerprint density at radius 3 is 2.29 bits per heavy atom. The number of anilines is 2. The minimum atomic E-state index is -1.21. The summed E-state index contributed by atoms with van der Waals surface area (Å²) >= 11 is 0. The number of methoxy groups -OCH3 is 1. The molecule has 110 valence electrons. The van der Waals surface area contributed by atoms with E-state index in [0.717, 1.165) is 0 Å². The van der Waals surface area contributed by atoms with Crippen LogP contribution in [0.3, 0.4) is 0 Å². The summed E-state index contributed by atoms with van der Waals surface area (Å²) in [5.41, 5.74) is 5.16. The summed E-state index contributed by atoms with van der Waals surface area (Å²) < 4.78 is 44.7. The quantitative estimate of drug-likeness (QED) is 0.856. The molecule has 0 heterocycles. The van der Waals surface area contributed by atoms with Crippen LogP contribution in [0.15, 0.2) is 30.3 Å². The maximum atomic E-state index is 13.5. The van der Waals surface area contributed by atoms with Crippen molar-refractivity contribution in [2.75, 3.05) is 18.2 Å². The van der Waals surface area contributed by atoms with Crippen LogP contribution in [-0.4, -0.2) is 13.0 Å². The first-order chi connectivity index (χ1) is 9.90. The van der Waals surface area contributed by atoms with Crippen LogP contribution in [0.25, 0.3) is 0 Å². The second kappa shape index (κ2) is 5.74. The third-order valence-corrected chi connectivity index (χ3v) is 2.67. The fourth-order valence-corrected chi connectivity index (χ4v) is 1.72. The lowest BCUT2D eigenvalue weighted by molar-refractivity contribution is 0.102. The molecule has 0 spiro atoms. The molecule has 0 atom stereocenters. The molecule has 0 radical (unpaired) electrons. The van der Waals surface area contributed by atoms with E-state index in [1.54, 1.807) is 0 Å². The number of benzene rings is 2. The maximum absolute atomic E-state index is 13.5. The highest BCUT2D eigenvalue weighted by Gasteiger charge is 2.16. The number of hydrogen-bond acceptors (Lipinski definition) is 3. The van der Waals surface area contributed by atoms with Gasteiger partial charge in [0.05, 0.1) is 7.11 Å². The first-order valence-corrected chi connectivity index (χ1v) is 5.81. The van der Waals surface area contributed by atoms with Crippen molar-refractivity contribution in [3.63, 3.8) is 0 Å². The van der Waals surface area contributed by atoms with Crippen molar-refractivity contribution < 1.29 is 22.7 Å². The highest BCUT2D eigenvalue weighted by Crippen LogP contribution is 2.23. The third-order valence-electron chi connectivity index (χ3n) is 2.67. The topological polar surface area (TPSA) is 64.3 Å². The Labute approximate surface area is 118 Å². The van der Waals surface area contributed by atoms with Gasteiger partial charge in [-0.15, -0.1) is 0 Å². The summed E-state index contributed by atoms with van der Waals surface area (Å²) in [5.74, 6) is -3.98. The van der Waals surface area contributed by atoms with Crippen molar-refractivity contribution >= 4 is 17.3 Å². The number of amides is 1. The molecular weight excluding hydrogens is 285 g/mol. The Kier molecular flexibility index (Phi) is 4.02. The minimum Gasteiger partial charge on any atom is -0.497 e. The van der Waals surface area contributed by atoms with E-state index in [9.17, 15) is 18.0 Å². The molecule has 0 bridgehead atoms. The van der Waals surface area contributed by atoms with E-state index in [2.05, 4.69) is 0 Å². The Balaban J connectivity index is 2.32. The van der Waals surface area contributed by atoms with Gasteiger partial charge in [0.2, 0.25) is 0 Å². The van der Waals surface area contributed by atoms with Crippen LogP contribution < -0.4 is 15.8 Å². The highest BCUT2D eigenvalue weighted by atomic mass is 19.1. The molecule has 0 aliphatic carbocycles. The maximum Gasteiger partial charge on any atom is 0.256 e. The predicted octanol–water partition coefficient (Wildman–Crippen LogP) is 2.95. The van der Waals surface area contributed by atoms with Crippen LogP contribution in [0.5, 0.6) is 5.75 Å². The van der Waals surface area contributed by atoms with Gasteiger partial charge < -0.3 is 15.8 Å². The lowest BCUT2D eigenvalue weighted by Crippen LogP contribution is -2.15. The molecule has 3 N–H and O–H groups in total. The van der Waals surface area contributed by atoms with E-state index in [1.807, 2.05) is 5.32 Å². The molecule has 0 aliphatic heterocycles. The van der Waals surface area contributed by atoms with Gasteiger partial charge in [0.1, 0.15) is 17.3 Å². The number of nitrogen functional groups attached to an aromatic ring is 1. The average molecular weight is 296 g/mol. The number of halogens is 3. The van der Waals surface area contributed by atoms with Gasteiger partial charge in [-0.1, -0.05) is 0 Å². The Bertz CT molecular complexity index is 682. The van der Waals surface area contributed by atoms with E-state index in [-0.39, 0.29) is 11.3 Å². The fraction of sp³-hybridized carbons (Fsp3) is 0.0714. The summed E-state index contributed by atoms with van der Waals surface area (Å²) in [5, 5.41) is 2.03. The monoisotopic (exact) mass is 296 g/mol. The van der Waals surface area contributed by atoms with E-state index >= 15 is 0 Å². The second-order valence-electron chi connectivity index (χ2n) is 4.19. The Hall–Kier alpha value is -2.70. The number of ether oxygens (including phenoxy) is 1. The molecule has 0 saturated carbocycles. The zero-order valence-electron chi connectivity index (χ0n) is 10.9. The van der Waals surface area contributed by atoms with Crippen molar-refractivity contribution in [1.82, 2.24) is 0 Å². The van der Waals surface area contributed by atoms with Gasteiger partial charge in [0, 0.05) is 29.4 Å². The standard InChI is InChI=1S/C14H11F3N2O2/c1-21-10-3-7(2-9(18)6-10)14(20)19-13-11(16)4-8(15)5-12(13)17/h2-6H,18H2,1H3,(H,19,20). The van der Waals surface area contributed by atoms with Crippen LogP contribution in [0, 0.1) is 17.5 Å². The molecule has 2 rings (SSSR count). The molecule has 4 nitrogen and oxygen atoms in total. The van der Waals surface area contributed by atoms with Crippen LogP contribution in [0.4, 0.5) is 24.5 Å². The fourth-order valence-electron chi connectivity index (χ4n) is 1.72. The summed E-state index contributed by atoms with van der Waals surface area (Å²) in [6, 6.07) is 5.09. The van der Waals surface area contributed by atoms with Gasteiger partial charge in [-0.05, 0) is 12.1 Å². The smallest absolute Gasteiger partial charge is 0.256 e. The third kappa shape index (κ3) is 3.25. The average Bonchev–Trinajstić information content (AvgIpc) is 2.41. The van der Waals surface area contributed by atoms with E-state index in [0.29, 0.717) is 17.9 Å². The largest absolute Gasteiger partial charge is 0.497 e. The molecule has 7 heteroatoms. The Morgan fingerprint density at radius 2 is 1.71 bits per heavy atom. The van der Waals surface area contributed by atoms with Crippen LogP contribution >= 0.6 is 0 Å². The van der Waals surface area contributed by atoms with Crippen LogP contribution in [0.2, 0.25) is 0 Å². The zero-order valence-corrected chi connectivity index (χ0v) is 10.9. The molecule has 21 heavy (non-hydrogen) atoms. The van der Waals surface area contributed by atoms with Gasteiger partial charge in [-0.2, -0.15) is 0 Å². The molecule has 2 aromatic rings. The molecule has 0 fully saturated rings. The van der Waals surface area contributed by atoms with Crippen LogP contribution in [-0.2, 0) is 0 Å². The van der Waals surface area contributed by atoms with Crippen molar-refractivity contribution in [1.29, 1.82) is 0 Å². The highest BCUT2D eigenvalue weighted by molar-refractivity contribution is 6.05. The van der Waals surface area contributed by atoms with Crippen molar-refractivity contribution in [3.05, 3.63) is 53.3 Å². The number of hydrogen-bond donors (Lipinski definition) is 2. The van der Waals surface area contributed by atoms with Gasteiger partial charge >= 0.3 is 0 Å². The van der Waals surface area contributed by atoms with E-state index < -0.39 is 29.0 Å². The van der Waals surface area contributed by atoms with Gasteiger partial charge in [0.15, 0.2) is 11.6 Å². The van der Waals surface area contributed by atoms with Crippen molar-refractivity contribution in [3.8, 4) is 5.75 Å². The van der Waals surface area contributed by atoms with E-state index in [4.69, 9.17) is 10.5 Å². The minimum absolute atomic E-state index is 0.0509. The lowest BCUT2D eigenvalue weighted by atomic mass is 10.1. The second-order valence-corrected chi connectivity index (χ2v) is 4.19. The van der Waals surface area contributed by atoms with Crippen molar-refractivity contribution in [2.45, 2.75) is 0 Å². The normalized spacial score (nSPS) is 10.3. The SMILES string of the molecule is COc1cc(N)cc(C(=O)Nc2c(F)cc(F)cc2F)c1. The van der Waals surface area contributed by atoms with Gasteiger partial charge in [-0.25, -0.2) is 13.2 Å². The van der Waals surface area contributed by atoms with Crippen molar-refractivity contribution in [2.24, 2.45) is 0 Å². The summed E-state index contributed by atoms with van der Waals surface area (Å²) in [6.07, 6.45) is 0. The molecule has 0 saturated heterocycles. The molecule has 1 amide bonds. The molecule has 0 aliphatic rings. The van der Waals surface area contributed by atoms with E-state index in [1.165, 1.54) is 25.3 Å². The summed E-state index contributed by atoms with van der Waals surface area (Å²) in [4.78, 5) is 12.0. The number of carbonyl (C=O) groups excluding carboxylic acids is 1. The number of carbonyl (C=O) groups is 1. The summed E-state index contributed by atoms with van der Waals surface area (Å²) in [7, 11) is 1.38. The number of nitrogens with two attached hydrogens (primary N) is 1. The lowest BCUT2D eigenvalue weighted by Gasteiger charge is -2.09. The first-order valence-electron chi connectivity index (χ1n) is 5.81. The van der Waals surface area contributed by atoms with Gasteiger partial charge in [0.25, 0.3) is 5.91 Å². The number of rotatable bonds is 3.